The van der Waals surface area contributed by atoms with E-state index < -0.39 is 41.5 Å². The van der Waals surface area contributed by atoms with Gasteiger partial charge < -0.3 is 11.1 Å². The van der Waals surface area contributed by atoms with Crippen molar-refractivity contribution in [3.8, 4) is 0 Å². The van der Waals surface area contributed by atoms with Crippen molar-refractivity contribution in [1.82, 2.24) is 0 Å². The summed E-state index contributed by atoms with van der Waals surface area (Å²) >= 11 is 5.81. The first kappa shape index (κ1) is 36.6. The molecule has 1 aliphatic carbocycles. The number of anilines is 3. The van der Waals surface area contributed by atoms with Crippen molar-refractivity contribution in [3.05, 3.63) is 111 Å². The topological polar surface area (TPSA) is 230 Å². The van der Waals surface area contributed by atoms with Crippen LogP contribution in [0.4, 0.5) is 28.4 Å². The maximum Gasteiger partial charge on any atom is 1.00 e. The number of nitrogens with zero attached hydrogens (tertiary/aromatic N) is 3. The van der Waals surface area contributed by atoms with Gasteiger partial charge in [-0.25, -0.2) is 0 Å². The second kappa shape index (κ2) is 14.5. The number of nitrogens with two attached hydrogens (primary N) is 1. The zero-order valence-electron chi connectivity index (χ0n) is 25.0. The number of azo groups is 1. The number of nitrogens with one attached hydrogen (secondary N) is 2. The number of hydrogen-bond acceptors (Lipinski definition) is 11. The number of aryl methyl sites for hydroxylation is 1. The third-order valence-electron chi connectivity index (χ3n) is 6.70. The largest absolute Gasteiger partial charge is 1.00 e. The van der Waals surface area contributed by atoms with E-state index >= 15 is 0 Å². The van der Waals surface area contributed by atoms with Crippen molar-refractivity contribution in [3.63, 3.8) is 0 Å². The van der Waals surface area contributed by atoms with Crippen molar-refractivity contribution < 1.29 is 65.1 Å². The number of fused-ring (bicyclic) bond motifs is 1. The number of amides is 1. The summed E-state index contributed by atoms with van der Waals surface area (Å²) in [5.74, 6) is -1.19. The van der Waals surface area contributed by atoms with Gasteiger partial charge in [-0.2, -0.15) is 32.2 Å². The molecule has 0 aromatic heterocycles. The maximum atomic E-state index is 13.3. The molecule has 1 aliphatic rings. The molecule has 0 heterocycles. The number of carbonyl (C=O) groups excluding carboxylic acids is 2. The van der Waals surface area contributed by atoms with E-state index in [2.05, 4.69) is 26.1 Å². The number of carbonyl (C=O) groups is 2. The van der Waals surface area contributed by atoms with Crippen LogP contribution >= 0.6 is 11.6 Å². The molecule has 240 valence electrons. The number of halogens is 1. The Bertz CT molecular complexity index is 2280. The fourth-order valence-corrected chi connectivity index (χ4v) is 6.03. The first-order valence-corrected chi connectivity index (χ1v) is 16.5. The minimum absolute atomic E-state index is 0. The van der Waals surface area contributed by atoms with E-state index in [9.17, 15) is 35.5 Å². The molecule has 0 unspecified atom stereocenters. The number of Topliss-reactive ketones (excluding diaryl/α,β-unsaturated/α-hetero) is 1. The Morgan fingerprint density at radius 1 is 0.854 bits per heavy atom. The second-order valence-corrected chi connectivity index (χ2v) is 13.2. The summed E-state index contributed by atoms with van der Waals surface area (Å²) in [5, 5.41) is 14.7. The molecule has 0 bridgehead atoms. The Labute approximate surface area is 301 Å². The predicted molar refractivity (Wildman–Crippen MR) is 177 cm³/mol. The zero-order chi connectivity index (χ0) is 34.1. The molecule has 6 N–H and O–H groups in total. The molecule has 0 atom stereocenters. The number of allylic oxidation sites excluding steroid dienone is 1. The molecule has 48 heavy (non-hydrogen) atoms. The van der Waals surface area contributed by atoms with E-state index in [1.165, 1.54) is 24.3 Å². The predicted octanol–water partition coefficient (Wildman–Crippen LogP) is 3.04. The third-order valence-corrected chi connectivity index (χ3v) is 8.90. The first-order valence-electron chi connectivity index (χ1n) is 13.3. The molecule has 0 spiro atoms. The van der Waals surface area contributed by atoms with Crippen molar-refractivity contribution in [1.29, 1.82) is 0 Å². The number of benzene rings is 4. The number of nitrogen functional groups attached to an aromatic ring is 1. The van der Waals surface area contributed by atoms with Crippen LogP contribution in [0.25, 0.3) is 6.08 Å². The minimum atomic E-state index is -4.98. The van der Waals surface area contributed by atoms with E-state index in [-0.39, 0.29) is 63.0 Å². The van der Waals surface area contributed by atoms with Crippen molar-refractivity contribution in [2.75, 3.05) is 16.5 Å². The Morgan fingerprint density at radius 3 is 2.19 bits per heavy atom. The van der Waals surface area contributed by atoms with Crippen molar-refractivity contribution in [2.24, 2.45) is 15.3 Å². The summed E-state index contributed by atoms with van der Waals surface area (Å²) in [6.45, 7) is 1.77. The summed E-state index contributed by atoms with van der Waals surface area (Å²) in [4.78, 5) is 24.3. The molecule has 4 aromatic rings. The zero-order valence-corrected chi connectivity index (χ0v) is 29.4. The molecule has 0 saturated heterocycles. The van der Waals surface area contributed by atoms with Gasteiger partial charge in [-0.05, 0) is 103 Å². The number of ketones is 1. The number of hydrogen-bond donors (Lipinski definition) is 5. The Morgan fingerprint density at radius 2 is 1.54 bits per heavy atom. The molecular formula is C30H23ClN6NaO8S2+. The second-order valence-electron chi connectivity index (χ2n) is 10.1. The van der Waals surface area contributed by atoms with Crippen LogP contribution in [0.15, 0.2) is 104 Å². The van der Waals surface area contributed by atoms with Crippen LogP contribution in [0.1, 0.15) is 31.8 Å². The first-order chi connectivity index (χ1) is 22.1. The van der Waals surface area contributed by atoms with Gasteiger partial charge in [0, 0.05) is 22.5 Å². The summed E-state index contributed by atoms with van der Waals surface area (Å²) in [7, 11) is -9.68. The van der Waals surface area contributed by atoms with E-state index in [0.29, 0.717) is 28.2 Å². The van der Waals surface area contributed by atoms with Crippen molar-refractivity contribution in [2.45, 2.75) is 11.8 Å². The van der Waals surface area contributed by atoms with E-state index in [1.807, 2.05) is 0 Å². The smallest absolute Gasteiger partial charge is 0.399 e. The maximum absolute atomic E-state index is 13.3. The normalized spacial score (nSPS) is 13.9. The van der Waals surface area contributed by atoms with Crippen LogP contribution in [0.5, 0.6) is 0 Å². The number of hydrazone groups is 1. The van der Waals surface area contributed by atoms with E-state index in [1.54, 1.807) is 49.4 Å². The quantitative estimate of drug-likeness (QED) is 0.0588. The SMILES string of the molecule is Cc1cc(NC(=O)c2ccc(N)cc2)ccc1N=Nc1ccc2c(c1)C=C(S(=O)(=O)O)/C(=N\Nc1ccc(Cl)c(S(=O)(=O)O)c1)C2=O.[Na+]. The molecule has 0 radical (unpaired) electrons. The van der Waals surface area contributed by atoms with Crippen LogP contribution in [-0.2, 0) is 20.2 Å². The van der Waals surface area contributed by atoms with Crippen LogP contribution in [0.2, 0.25) is 5.02 Å². The van der Waals surface area contributed by atoms with Crippen LogP contribution in [0, 0.1) is 6.92 Å². The summed E-state index contributed by atoms with van der Waals surface area (Å²) < 4.78 is 66.8. The van der Waals surface area contributed by atoms with Gasteiger partial charge in [0.25, 0.3) is 26.1 Å². The molecule has 0 aliphatic heterocycles. The fourth-order valence-electron chi connectivity index (χ4n) is 4.38. The molecule has 0 saturated carbocycles. The fraction of sp³-hybridized carbons (Fsp3) is 0.0333. The van der Waals surface area contributed by atoms with Gasteiger partial charge in [0.1, 0.15) is 9.80 Å². The summed E-state index contributed by atoms with van der Waals surface area (Å²) in [6, 6.07) is 19.0. The molecule has 18 heteroatoms. The minimum Gasteiger partial charge on any atom is -0.399 e. The Hall–Kier alpha value is -4.26. The molecule has 14 nitrogen and oxygen atoms in total. The molecule has 0 fully saturated rings. The Balaban J connectivity index is 0.00000520. The molecular weight excluding hydrogens is 695 g/mol. The van der Waals surface area contributed by atoms with E-state index in [4.69, 9.17) is 17.3 Å². The average Bonchev–Trinajstić information content (AvgIpc) is 3.00. The van der Waals surface area contributed by atoms with Gasteiger partial charge in [-0.15, -0.1) is 0 Å². The molecule has 5 rings (SSSR count). The average molecular weight is 718 g/mol. The van der Waals surface area contributed by atoms with Crippen molar-refractivity contribution >= 4 is 83.8 Å². The van der Waals surface area contributed by atoms with Gasteiger partial charge in [-0.3, -0.25) is 24.1 Å². The van der Waals surface area contributed by atoms with E-state index in [0.717, 1.165) is 18.2 Å². The van der Waals surface area contributed by atoms with Gasteiger partial charge >= 0.3 is 29.6 Å². The van der Waals surface area contributed by atoms with Crippen LogP contribution in [0.3, 0.4) is 0 Å². The van der Waals surface area contributed by atoms with Gasteiger partial charge in [-0.1, -0.05) is 11.6 Å². The van der Waals surface area contributed by atoms with Crippen LogP contribution < -0.4 is 46.0 Å². The molecule has 4 aromatic carbocycles. The van der Waals surface area contributed by atoms with Gasteiger partial charge in [0.2, 0.25) is 5.78 Å². The summed E-state index contributed by atoms with van der Waals surface area (Å²) in [6.07, 6.45) is 1.03. The monoisotopic (exact) mass is 717 g/mol. The third kappa shape index (κ3) is 8.41. The standard InChI is InChI=1S/C30H23ClN6O8S2.Na/c1-16-12-20(33-30(39)17-2-4-19(32)5-3-17)8-11-25(16)36-34-21-6-9-23-18(13-21)14-27(47(43,44)45)28(29(23)38)37-35-22-7-10-24(31)26(15-22)46(40,41)42;/h2-15,35H,32H2,1H3,(H,33,39)(H,40,41,42)(H,43,44,45);/q;+1/b36-34?,37-28+;. The van der Waals surface area contributed by atoms with Gasteiger partial charge in [0.15, 0.2) is 5.71 Å². The van der Waals surface area contributed by atoms with Gasteiger partial charge in [0.05, 0.1) is 22.1 Å². The molecule has 1 amide bonds. The number of rotatable bonds is 8. The summed E-state index contributed by atoms with van der Waals surface area (Å²) in [5.41, 5.74) is 10.3. The Kier molecular flexibility index (Phi) is 11.0. The van der Waals surface area contributed by atoms with Crippen LogP contribution in [-0.4, -0.2) is 43.3 Å².